The molecule has 1 atom stereocenters. The molecule has 2 aromatic rings. The van der Waals surface area contributed by atoms with Gasteiger partial charge in [0.15, 0.2) is 5.16 Å². The van der Waals surface area contributed by atoms with Crippen molar-refractivity contribution in [1.29, 1.82) is 0 Å². The molecule has 0 fully saturated rings. The number of aryl methyl sites for hydroxylation is 1. The third-order valence-corrected chi connectivity index (χ3v) is 4.88. The summed E-state index contributed by atoms with van der Waals surface area (Å²) in [7, 11) is 1.91. The van der Waals surface area contributed by atoms with E-state index in [1.165, 1.54) is 22.9 Å². The lowest BCUT2D eigenvalue weighted by atomic mass is 9.82. The van der Waals surface area contributed by atoms with Crippen LogP contribution in [0.2, 0.25) is 0 Å². The molecule has 1 heterocycles. The molecule has 1 aliphatic rings. The van der Waals surface area contributed by atoms with E-state index < -0.39 is 5.97 Å². The van der Waals surface area contributed by atoms with Crippen molar-refractivity contribution in [3.8, 4) is 0 Å². The van der Waals surface area contributed by atoms with Gasteiger partial charge in [-0.25, -0.2) is 0 Å². The van der Waals surface area contributed by atoms with Crippen LogP contribution in [0, 0.1) is 0 Å². The molecule has 6 heteroatoms. The third-order valence-electron chi connectivity index (χ3n) is 3.87. The van der Waals surface area contributed by atoms with Crippen LogP contribution in [0.4, 0.5) is 0 Å². The van der Waals surface area contributed by atoms with Crippen molar-refractivity contribution in [2.45, 2.75) is 30.3 Å². The number of rotatable bonds is 4. The van der Waals surface area contributed by atoms with Crippen molar-refractivity contribution in [2.24, 2.45) is 7.05 Å². The first-order chi connectivity index (χ1) is 10.2. The summed E-state index contributed by atoms with van der Waals surface area (Å²) in [5.74, 6) is 0.349. The Morgan fingerprint density at radius 3 is 3.05 bits per heavy atom. The van der Waals surface area contributed by atoms with Crippen LogP contribution in [0.25, 0.3) is 0 Å². The van der Waals surface area contributed by atoms with Crippen molar-refractivity contribution in [3.05, 3.63) is 41.2 Å². The van der Waals surface area contributed by atoms with Crippen LogP contribution < -0.4 is 0 Å². The highest BCUT2D eigenvalue weighted by Gasteiger charge is 2.26. The van der Waals surface area contributed by atoms with Gasteiger partial charge in [0.25, 0.3) is 0 Å². The molecule has 1 aromatic heterocycles. The van der Waals surface area contributed by atoms with Gasteiger partial charge in [0.1, 0.15) is 5.82 Å². The van der Waals surface area contributed by atoms with Crippen LogP contribution in [-0.2, 0) is 18.3 Å². The lowest BCUT2D eigenvalue weighted by Crippen LogP contribution is -2.15. The number of carbonyl (C=O) groups is 1. The number of hydrogen-bond donors (Lipinski definition) is 1. The molecule has 1 unspecified atom stereocenters. The van der Waals surface area contributed by atoms with E-state index in [9.17, 15) is 4.79 Å². The van der Waals surface area contributed by atoms with E-state index in [-0.39, 0.29) is 11.7 Å². The monoisotopic (exact) mass is 303 g/mol. The summed E-state index contributed by atoms with van der Waals surface area (Å²) >= 11 is 1.21. The minimum Gasteiger partial charge on any atom is -0.481 e. The average molecular weight is 303 g/mol. The van der Waals surface area contributed by atoms with Gasteiger partial charge in [-0.15, -0.1) is 10.2 Å². The van der Waals surface area contributed by atoms with E-state index in [1.54, 1.807) is 0 Å². The van der Waals surface area contributed by atoms with E-state index in [1.807, 2.05) is 11.6 Å². The van der Waals surface area contributed by atoms with Gasteiger partial charge in [-0.2, -0.15) is 0 Å². The number of carboxylic acid groups (broad SMARTS) is 1. The Morgan fingerprint density at radius 2 is 2.24 bits per heavy atom. The lowest BCUT2D eigenvalue weighted by molar-refractivity contribution is -0.133. The Labute approximate surface area is 127 Å². The van der Waals surface area contributed by atoms with Gasteiger partial charge in [0, 0.05) is 13.0 Å². The normalized spacial score (nSPS) is 17.5. The zero-order valence-electron chi connectivity index (χ0n) is 11.8. The second kappa shape index (κ2) is 5.89. The number of nitrogens with zero attached hydrogens (tertiary/aromatic N) is 3. The predicted molar refractivity (Wildman–Crippen MR) is 80.6 cm³/mol. The first-order valence-electron chi connectivity index (χ1n) is 6.98. The van der Waals surface area contributed by atoms with Crippen molar-refractivity contribution in [3.63, 3.8) is 0 Å². The quantitative estimate of drug-likeness (QED) is 0.879. The largest absolute Gasteiger partial charge is 0.481 e. The SMILES string of the molecule is Cn1c(SCC(=O)O)nnc1C1CCCc2ccccc21. The maximum Gasteiger partial charge on any atom is 0.313 e. The van der Waals surface area contributed by atoms with E-state index >= 15 is 0 Å². The minimum atomic E-state index is -0.840. The van der Waals surface area contributed by atoms with Crippen LogP contribution in [0.15, 0.2) is 29.4 Å². The fourth-order valence-electron chi connectivity index (χ4n) is 2.90. The third kappa shape index (κ3) is 2.81. The van der Waals surface area contributed by atoms with Crippen molar-refractivity contribution in [2.75, 3.05) is 5.75 Å². The summed E-state index contributed by atoms with van der Waals surface area (Å²) in [6, 6.07) is 8.48. The second-order valence-electron chi connectivity index (χ2n) is 5.23. The molecule has 0 amide bonds. The van der Waals surface area contributed by atoms with Crippen molar-refractivity contribution in [1.82, 2.24) is 14.8 Å². The van der Waals surface area contributed by atoms with Crippen LogP contribution in [0.3, 0.4) is 0 Å². The number of hydrogen-bond acceptors (Lipinski definition) is 4. The molecule has 1 aromatic carbocycles. The van der Waals surface area contributed by atoms with Crippen molar-refractivity contribution >= 4 is 17.7 Å². The zero-order chi connectivity index (χ0) is 14.8. The Balaban J connectivity index is 1.90. The number of carboxylic acids is 1. The summed E-state index contributed by atoms with van der Waals surface area (Å²) in [6.45, 7) is 0. The lowest BCUT2D eigenvalue weighted by Gasteiger charge is -2.24. The number of fused-ring (bicyclic) bond motifs is 1. The first-order valence-corrected chi connectivity index (χ1v) is 7.97. The average Bonchev–Trinajstić information content (AvgIpc) is 2.85. The molecule has 0 spiro atoms. The molecule has 0 saturated carbocycles. The summed E-state index contributed by atoms with van der Waals surface area (Å²) in [6.07, 6.45) is 3.32. The maximum absolute atomic E-state index is 10.7. The fraction of sp³-hybridized carbons (Fsp3) is 0.400. The highest BCUT2D eigenvalue weighted by atomic mass is 32.2. The smallest absolute Gasteiger partial charge is 0.313 e. The van der Waals surface area contributed by atoms with Gasteiger partial charge >= 0.3 is 5.97 Å². The summed E-state index contributed by atoms with van der Waals surface area (Å²) in [4.78, 5) is 10.7. The number of benzene rings is 1. The summed E-state index contributed by atoms with van der Waals surface area (Å²) < 4.78 is 1.93. The summed E-state index contributed by atoms with van der Waals surface area (Å²) in [5.41, 5.74) is 2.71. The van der Waals surface area contributed by atoms with Gasteiger partial charge in [-0.3, -0.25) is 4.79 Å². The van der Waals surface area contributed by atoms with Crippen molar-refractivity contribution < 1.29 is 9.90 Å². The van der Waals surface area contributed by atoms with Gasteiger partial charge in [-0.1, -0.05) is 36.0 Å². The number of aliphatic carboxylic acids is 1. The predicted octanol–water partition coefficient (Wildman–Crippen LogP) is 2.46. The summed E-state index contributed by atoms with van der Waals surface area (Å²) in [5, 5.41) is 17.9. The van der Waals surface area contributed by atoms with E-state index in [2.05, 4.69) is 34.5 Å². The highest BCUT2D eigenvalue weighted by Crippen LogP contribution is 2.36. The van der Waals surface area contributed by atoms with Crippen LogP contribution in [-0.4, -0.2) is 31.6 Å². The maximum atomic E-state index is 10.7. The Kier molecular flexibility index (Phi) is 3.96. The fourth-order valence-corrected chi connectivity index (χ4v) is 3.54. The van der Waals surface area contributed by atoms with E-state index in [0.29, 0.717) is 5.16 Å². The van der Waals surface area contributed by atoms with E-state index in [0.717, 1.165) is 25.1 Å². The molecular formula is C15H17N3O2S. The van der Waals surface area contributed by atoms with Gasteiger partial charge in [0.2, 0.25) is 0 Å². The molecular weight excluding hydrogens is 286 g/mol. The molecule has 1 aliphatic carbocycles. The topological polar surface area (TPSA) is 68.0 Å². The molecule has 0 bridgehead atoms. The van der Waals surface area contributed by atoms with Gasteiger partial charge in [0.05, 0.1) is 5.75 Å². The Hall–Kier alpha value is -1.82. The first kappa shape index (κ1) is 14.1. The molecule has 110 valence electrons. The van der Waals surface area contributed by atoms with Gasteiger partial charge in [-0.05, 0) is 30.4 Å². The zero-order valence-corrected chi connectivity index (χ0v) is 12.6. The second-order valence-corrected chi connectivity index (χ2v) is 6.17. The van der Waals surface area contributed by atoms with Crippen LogP contribution in [0.5, 0.6) is 0 Å². The van der Waals surface area contributed by atoms with Crippen LogP contribution >= 0.6 is 11.8 Å². The Bertz CT molecular complexity index is 669. The Morgan fingerprint density at radius 1 is 1.43 bits per heavy atom. The number of aromatic nitrogens is 3. The molecule has 0 saturated heterocycles. The van der Waals surface area contributed by atoms with E-state index in [4.69, 9.17) is 5.11 Å². The van der Waals surface area contributed by atoms with Crippen LogP contribution in [0.1, 0.15) is 35.7 Å². The number of thioether (sulfide) groups is 1. The molecule has 1 N–H and O–H groups in total. The molecule has 21 heavy (non-hydrogen) atoms. The molecule has 3 rings (SSSR count). The molecule has 0 radical (unpaired) electrons. The molecule has 5 nitrogen and oxygen atoms in total. The van der Waals surface area contributed by atoms with Gasteiger partial charge < -0.3 is 9.67 Å². The standard InChI is InChI=1S/C15H17N3O2S/c1-18-14(16-17-15(18)21-9-13(19)20)12-8-4-6-10-5-2-3-7-11(10)12/h2-3,5,7,12H,4,6,8-9H2,1H3,(H,19,20). The highest BCUT2D eigenvalue weighted by molar-refractivity contribution is 7.99. The minimum absolute atomic E-state index is 0.00717. The molecule has 0 aliphatic heterocycles.